The lowest BCUT2D eigenvalue weighted by Crippen LogP contribution is -2.48. The molecular weight excluding hydrogens is 188 g/mol. The highest BCUT2D eigenvalue weighted by atomic mass is 16.1. The molecule has 1 aliphatic carbocycles. The van der Waals surface area contributed by atoms with Crippen molar-refractivity contribution in [2.75, 3.05) is 13.6 Å². The third kappa shape index (κ3) is 3.67. The molecule has 0 bridgehead atoms. The molecule has 0 aliphatic heterocycles. The third-order valence-electron chi connectivity index (χ3n) is 3.28. The Labute approximate surface area is 92.3 Å². The fraction of sp³-hybridized carbons (Fsp3) is 0.750. The van der Waals surface area contributed by atoms with E-state index < -0.39 is 0 Å². The molecule has 0 spiro atoms. The molecule has 0 saturated heterocycles. The summed E-state index contributed by atoms with van der Waals surface area (Å²) in [6.07, 6.45) is 8.31. The van der Waals surface area contributed by atoms with E-state index in [0.717, 1.165) is 12.8 Å². The SMILES string of the molecule is C=CCNC(=O)CC1(NC)CCCCC1. The summed E-state index contributed by atoms with van der Waals surface area (Å²) in [6.45, 7) is 4.15. The summed E-state index contributed by atoms with van der Waals surface area (Å²) in [5.41, 5.74) is 0.0451. The maximum Gasteiger partial charge on any atom is 0.222 e. The van der Waals surface area contributed by atoms with Crippen LogP contribution < -0.4 is 10.6 Å². The van der Waals surface area contributed by atoms with Crippen LogP contribution in [-0.2, 0) is 4.79 Å². The Bertz CT molecular complexity index is 220. The topological polar surface area (TPSA) is 41.1 Å². The van der Waals surface area contributed by atoms with Gasteiger partial charge in [-0.3, -0.25) is 4.79 Å². The molecule has 0 aromatic rings. The van der Waals surface area contributed by atoms with Gasteiger partial charge >= 0.3 is 0 Å². The van der Waals surface area contributed by atoms with E-state index in [-0.39, 0.29) is 11.4 Å². The number of rotatable bonds is 5. The fourth-order valence-corrected chi connectivity index (χ4v) is 2.30. The van der Waals surface area contributed by atoms with Crippen LogP contribution >= 0.6 is 0 Å². The Morgan fingerprint density at radius 1 is 1.40 bits per heavy atom. The molecule has 3 heteroatoms. The molecule has 0 unspecified atom stereocenters. The van der Waals surface area contributed by atoms with Crippen LogP contribution in [-0.4, -0.2) is 25.0 Å². The summed E-state index contributed by atoms with van der Waals surface area (Å²) in [6, 6.07) is 0. The highest BCUT2D eigenvalue weighted by molar-refractivity contribution is 5.77. The molecule has 0 aromatic heterocycles. The van der Waals surface area contributed by atoms with Gasteiger partial charge in [-0.25, -0.2) is 0 Å². The number of carbonyl (C=O) groups is 1. The van der Waals surface area contributed by atoms with Gasteiger partial charge in [0.25, 0.3) is 0 Å². The molecule has 1 amide bonds. The van der Waals surface area contributed by atoms with Gasteiger partial charge in [0.05, 0.1) is 0 Å². The van der Waals surface area contributed by atoms with Gasteiger partial charge in [0.2, 0.25) is 5.91 Å². The van der Waals surface area contributed by atoms with Crippen molar-refractivity contribution >= 4 is 5.91 Å². The van der Waals surface area contributed by atoms with Crippen LogP contribution in [0.2, 0.25) is 0 Å². The van der Waals surface area contributed by atoms with Crippen molar-refractivity contribution in [1.82, 2.24) is 10.6 Å². The minimum absolute atomic E-state index is 0.0451. The molecule has 0 radical (unpaired) electrons. The van der Waals surface area contributed by atoms with E-state index in [9.17, 15) is 4.79 Å². The minimum Gasteiger partial charge on any atom is -0.353 e. The monoisotopic (exact) mass is 210 g/mol. The van der Waals surface area contributed by atoms with Crippen molar-refractivity contribution in [3.8, 4) is 0 Å². The van der Waals surface area contributed by atoms with Gasteiger partial charge in [0, 0.05) is 18.5 Å². The molecular formula is C12H22N2O. The van der Waals surface area contributed by atoms with Crippen LogP contribution in [0.15, 0.2) is 12.7 Å². The highest BCUT2D eigenvalue weighted by Crippen LogP contribution is 2.30. The zero-order chi connectivity index (χ0) is 11.1. The average molecular weight is 210 g/mol. The Kier molecular flexibility index (Phi) is 4.82. The molecule has 1 saturated carbocycles. The first kappa shape index (κ1) is 12.2. The van der Waals surface area contributed by atoms with E-state index >= 15 is 0 Å². The summed E-state index contributed by atoms with van der Waals surface area (Å²) in [5.74, 6) is 0.131. The zero-order valence-electron chi connectivity index (χ0n) is 9.64. The number of hydrogen-bond donors (Lipinski definition) is 2. The number of nitrogens with one attached hydrogen (secondary N) is 2. The molecule has 0 atom stereocenters. The molecule has 2 N–H and O–H groups in total. The van der Waals surface area contributed by atoms with E-state index in [1.165, 1.54) is 19.3 Å². The summed E-state index contributed by atoms with van der Waals surface area (Å²) in [7, 11) is 1.96. The maximum atomic E-state index is 11.6. The van der Waals surface area contributed by atoms with Crippen LogP contribution in [0.4, 0.5) is 0 Å². The Hall–Kier alpha value is -0.830. The van der Waals surface area contributed by atoms with Crippen molar-refractivity contribution < 1.29 is 4.79 Å². The van der Waals surface area contributed by atoms with E-state index in [0.29, 0.717) is 13.0 Å². The Balaban J connectivity index is 2.43. The van der Waals surface area contributed by atoms with E-state index in [1.54, 1.807) is 6.08 Å². The van der Waals surface area contributed by atoms with Gasteiger partial charge < -0.3 is 10.6 Å². The standard InChI is InChI=1S/C12H22N2O/c1-3-9-14-11(15)10-12(13-2)7-5-4-6-8-12/h3,13H,1,4-10H2,2H3,(H,14,15). The van der Waals surface area contributed by atoms with Gasteiger partial charge in [-0.05, 0) is 19.9 Å². The largest absolute Gasteiger partial charge is 0.353 e. The molecule has 15 heavy (non-hydrogen) atoms. The van der Waals surface area contributed by atoms with Gasteiger partial charge in [-0.15, -0.1) is 6.58 Å². The summed E-state index contributed by atoms with van der Waals surface area (Å²) < 4.78 is 0. The number of hydrogen-bond acceptors (Lipinski definition) is 2. The first-order chi connectivity index (χ1) is 7.22. The second-order valence-electron chi connectivity index (χ2n) is 4.36. The van der Waals surface area contributed by atoms with Crippen LogP contribution in [0.1, 0.15) is 38.5 Å². The quantitative estimate of drug-likeness (QED) is 0.677. The Morgan fingerprint density at radius 2 is 2.07 bits per heavy atom. The second kappa shape index (κ2) is 5.91. The van der Waals surface area contributed by atoms with Crippen molar-refractivity contribution in [2.24, 2.45) is 0 Å². The molecule has 1 aliphatic rings. The van der Waals surface area contributed by atoms with Crippen molar-refractivity contribution in [1.29, 1.82) is 0 Å². The first-order valence-corrected chi connectivity index (χ1v) is 5.79. The fourth-order valence-electron chi connectivity index (χ4n) is 2.30. The van der Waals surface area contributed by atoms with Crippen LogP contribution in [0.25, 0.3) is 0 Å². The lowest BCUT2D eigenvalue weighted by Gasteiger charge is -2.36. The van der Waals surface area contributed by atoms with Crippen molar-refractivity contribution in [2.45, 2.75) is 44.1 Å². The normalized spacial score (nSPS) is 19.5. The summed E-state index contributed by atoms with van der Waals surface area (Å²) in [5, 5.41) is 6.18. The average Bonchev–Trinajstić information content (AvgIpc) is 2.27. The maximum absolute atomic E-state index is 11.6. The highest BCUT2D eigenvalue weighted by Gasteiger charge is 2.32. The second-order valence-corrected chi connectivity index (χ2v) is 4.36. The molecule has 1 fully saturated rings. The van der Waals surface area contributed by atoms with Crippen molar-refractivity contribution in [3.63, 3.8) is 0 Å². The number of carbonyl (C=O) groups excluding carboxylic acids is 1. The minimum atomic E-state index is 0.0451. The van der Waals surface area contributed by atoms with Gasteiger partial charge in [0.15, 0.2) is 0 Å². The predicted molar refractivity (Wildman–Crippen MR) is 62.7 cm³/mol. The lowest BCUT2D eigenvalue weighted by atomic mass is 9.79. The smallest absolute Gasteiger partial charge is 0.222 e. The van der Waals surface area contributed by atoms with Crippen LogP contribution in [0.3, 0.4) is 0 Å². The predicted octanol–water partition coefficient (Wildman–Crippen LogP) is 1.60. The summed E-state index contributed by atoms with van der Waals surface area (Å²) in [4.78, 5) is 11.6. The van der Waals surface area contributed by atoms with E-state index in [4.69, 9.17) is 0 Å². The lowest BCUT2D eigenvalue weighted by molar-refractivity contribution is -0.122. The summed E-state index contributed by atoms with van der Waals surface area (Å²) >= 11 is 0. The van der Waals surface area contributed by atoms with Crippen LogP contribution in [0.5, 0.6) is 0 Å². The van der Waals surface area contributed by atoms with E-state index in [1.807, 2.05) is 7.05 Å². The third-order valence-corrected chi connectivity index (χ3v) is 3.28. The zero-order valence-corrected chi connectivity index (χ0v) is 9.64. The molecule has 3 nitrogen and oxygen atoms in total. The first-order valence-electron chi connectivity index (χ1n) is 5.79. The van der Waals surface area contributed by atoms with Crippen molar-refractivity contribution in [3.05, 3.63) is 12.7 Å². The molecule has 1 rings (SSSR count). The van der Waals surface area contributed by atoms with E-state index in [2.05, 4.69) is 17.2 Å². The van der Waals surface area contributed by atoms with Gasteiger partial charge in [-0.2, -0.15) is 0 Å². The number of amides is 1. The molecule has 86 valence electrons. The molecule has 0 heterocycles. The van der Waals surface area contributed by atoms with Gasteiger partial charge in [-0.1, -0.05) is 25.3 Å². The van der Waals surface area contributed by atoms with Crippen LogP contribution in [0, 0.1) is 0 Å². The van der Waals surface area contributed by atoms with Gasteiger partial charge in [0.1, 0.15) is 0 Å². The Morgan fingerprint density at radius 3 is 2.60 bits per heavy atom. The molecule has 0 aromatic carbocycles.